The van der Waals surface area contributed by atoms with Gasteiger partial charge in [-0.2, -0.15) is 4.31 Å². The van der Waals surface area contributed by atoms with Crippen LogP contribution >= 0.6 is 0 Å². The Morgan fingerprint density at radius 1 is 1.00 bits per heavy atom. The molecule has 2 aromatic carbocycles. The van der Waals surface area contributed by atoms with E-state index in [-0.39, 0.29) is 26.5 Å². The third-order valence-corrected chi connectivity index (χ3v) is 8.50. The largest absolute Gasteiger partial charge is 0.461 e. The number of sulfonamides is 1. The fraction of sp³-hybridized carbons (Fsp3) is 0.370. The molecule has 192 valence electrons. The van der Waals surface area contributed by atoms with Gasteiger partial charge < -0.3 is 19.2 Å². The molecule has 0 atom stereocenters. The summed E-state index contributed by atoms with van der Waals surface area (Å²) in [7, 11) is -3.91. The van der Waals surface area contributed by atoms with E-state index in [1.54, 1.807) is 26.0 Å². The first-order chi connectivity index (χ1) is 17.0. The minimum Gasteiger partial charge on any atom is -0.461 e. The third-order valence-electron chi connectivity index (χ3n) is 6.41. The molecule has 0 amide bonds. The van der Waals surface area contributed by atoms with E-state index in [1.165, 1.54) is 4.31 Å². The zero-order valence-corrected chi connectivity index (χ0v) is 22.3. The Morgan fingerprint density at radius 2 is 1.67 bits per heavy atom. The van der Waals surface area contributed by atoms with E-state index in [9.17, 15) is 13.2 Å². The molecule has 36 heavy (non-hydrogen) atoms. The van der Waals surface area contributed by atoms with Gasteiger partial charge in [-0.3, -0.25) is 0 Å². The number of hydrogen-bond acceptors (Lipinski definition) is 6. The van der Waals surface area contributed by atoms with Gasteiger partial charge in [-0.1, -0.05) is 23.8 Å². The molecule has 9 heteroatoms. The molecule has 0 unspecified atom stereocenters. The van der Waals surface area contributed by atoms with E-state index in [4.69, 9.17) is 14.2 Å². The molecule has 0 saturated heterocycles. The molecule has 0 aliphatic carbocycles. The van der Waals surface area contributed by atoms with Gasteiger partial charge in [0.15, 0.2) is 11.5 Å². The highest BCUT2D eigenvalue weighted by atomic mass is 32.2. The topological polar surface area (TPSA) is 97.9 Å². The molecule has 0 saturated carbocycles. The number of nitrogens with one attached hydrogen (secondary N) is 1. The van der Waals surface area contributed by atoms with Gasteiger partial charge in [0.2, 0.25) is 16.8 Å². The Labute approximate surface area is 212 Å². The van der Waals surface area contributed by atoms with Gasteiger partial charge in [0.25, 0.3) is 0 Å². The minimum atomic E-state index is -3.91. The normalized spacial score (nSPS) is 12.9. The van der Waals surface area contributed by atoms with Crippen LogP contribution in [0.4, 0.5) is 0 Å². The van der Waals surface area contributed by atoms with Gasteiger partial charge in [-0.25, -0.2) is 13.2 Å². The number of hydrogen-bond donors (Lipinski definition) is 1. The first kappa shape index (κ1) is 25.8. The predicted octanol–water partition coefficient (Wildman–Crippen LogP) is 4.85. The highest BCUT2D eigenvalue weighted by molar-refractivity contribution is 7.89. The molecular weight excluding hydrogens is 480 g/mol. The molecule has 1 aromatic heterocycles. The van der Waals surface area contributed by atoms with Crippen LogP contribution in [0.3, 0.4) is 0 Å². The predicted molar refractivity (Wildman–Crippen MR) is 136 cm³/mol. The van der Waals surface area contributed by atoms with E-state index < -0.39 is 16.0 Å². The SMILES string of the molecule is CCOC(=O)c1[nH]c(C)c(CN(Cc2ccc3c(c2)OCO3)S(=O)(=O)c2c(C)cc(C)cc2C)c1C. The van der Waals surface area contributed by atoms with Crippen LogP contribution in [0.25, 0.3) is 0 Å². The van der Waals surface area contributed by atoms with Crippen LogP contribution in [0, 0.1) is 34.6 Å². The highest BCUT2D eigenvalue weighted by Crippen LogP contribution is 2.35. The van der Waals surface area contributed by atoms with Crippen molar-refractivity contribution < 1.29 is 27.4 Å². The lowest BCUT2D eigenvalue weighted by Gasteiger charge is -2.25. The number of ether oxygens (including phenoxy) is 3. The number of rotatable bonds is 8. The van der Waals surface area contributed by atoms with Gasteiger partial charge in [-0.15, -0.1) is 0 Å². The van der Waals surface area contributed by atoms with E-state index in [1.807, 2.05) is 45.9 Å². The first-order valence-corrected chi connectivity index (χ1v) is 13.3. The molecule has 4 rings (SSSR count). The molecule has 8 nitrogen and oxygen atoms in total. The average Bonchev–Trinajstić information content (AvgIpc) is 3.37. The Kier molecular flexibility index (Phi) is 7.15. The summed E-state index contributed by atoms with van der Waals surface area (Å²) in [5, 5.41) is 0. The van der Waals surface area contributed by atoms with Gasteiger partial charge in [0, 0.05) is 18.8 Å². The molecule has 0 radical (unpaired) electrons. The maximum atomic E-state index is 14.2. The number of aromatic amines is 1. The van der Waals surface area contributed by atoms with Crippen LogP contribution in [0.1, 0.15) is 56.5 Å². The summed E-state index contributed by atoms with van der Waals surface area (Å²) in [6.07, 6.45) is 0. The molecule has 0 spiro atoms. The number of H-pyrrole nitrogens is 1. The number of carbonyl (C=O) groups excluding carboxylic acids is 1. The zero-order valence-electron chi connectivity index (χ0n) is 21.5. The van der Waals surface area contributed by atoms with E-state index in [2.05, 4.69) is 4.98 Å². The number of carbonyl (C=O) groups is 1. The Balaban J connectivity index is 1.79. The standard InChI is InChI=1S/C27H32N2O6S/c1-7-33-27(30)25-19(5)22(20(6)28-25)14-29(13-21-8-9-23-24(12-21)35-15-34-23)36(31,32)26-17(3)10-16(2)11-18(26)4/h8-12,28H,7,13-15H2,1-6H3. The second kappa shape index (κ2) is 9.99. The van der Waals surface area contributed by atoms with Crippen molar-refractivity contribution in [2.24, 2.45) is 0 Å². The highest BCUT2D eigenvalue weighted by Gasteiger charge is 2.31. The van der Waals surface area contributed by atoms with Crippen molar-refractivity contribution in [2.75, 3.05) is 13.4 Å². The molecule has 1 aliphatic rings. The number of aryl methyl sites for hydroxylation is 4. The van der Waals surface area contributed by atoms with E-state index >= 15 is 0 Å². The number of esters is 1. The summed E-state index contributed by atoms with van der Waals surface area (Å²) in [6, 6.07) is 9.19. The van der Waals surface area contributed by atoms with Crippen molar-refractivity contribution in [1.29, 1.82) is 0 Å². The number of benzene rings is 2. The Hall–Kier alpha value is -3.30. The Morgan fingerprint density at radius 3 is 2.33 bits per heavy atom. The van der Waals surface area contributed by atoms with Crippen LogP contribution in [0.15, 0.2) is 35.2 Å². The lowest BCUT2D eigenvalue weighted by molar-refractivity contribution is 0.0519. The maximum Gasteiger partial charge on any atom is 0.355 e. The molecular formula is C27H32N2O6S. The van der Waals surface area contributed by atoms with Crippen LogP contribution in [0.2, 0.25) is 0 Å². The summed E-state index contributed by atoms with van der Waals surface area (Å²) >= 11 is 0. The van der Waals surface area contributed by atoms with Crippen molar-refractivity contribution >= 4 is 16.0 Å². The fourth-order valence-corrected chi connectivity index (χ4v) is 6.59. The van der Waals surface area contributed by atoms with Gasteiger partial charge in [-0.05, 0) is 81.5 Å². The zero-order chi connectivity index (χ0) is 26.2. The number of nitrogens with zero attached hydrogens (tertiary/aromatic N) is 1. The van der Waals surface area contributed by atoms with Crippen molar-refractivity contribution in [2.45, 2.75) is 59.5 Å². The number of fused-ring (bicyclic) bond motifs is 1. The lowest BCUT2D eigenvalue weighted by Crippen LogP contribution is -2.31. The minimum absolute atomic E-state index is 0.0805. The Bertz CT molecular complexity index is 1400. The van der Waals surface area contributed by atoms with E-state index in [0.717, 1.165) is 22.4 Å². The smallest absolute Gasteiger partial charge is 0.355 e. The summed E-state index contributed by atoms with van der Waals surface area (Å²) in [4.78, 5) is 15.8. The summed E-state index contributed by atoms with van der Waals surface area (Å²) < 4.78 is 45.9. The van der Waals surface area contributed by atoms with Crippen molar-refractivity contribution in [3.63, 3.8) is 0 Å². The van der Waals surface area contributed by atoms with Crippen molar-refractivity contribution in [1.82, 2.24) is 9.29 Å². The quantitative estimate of drug-likeness (QED) is 0.433. The van der Waals surface area contributed by atoms with Crippen LogP contribution in [0.5, 0.6) is 11.5 Å². The van der Waals surface area contributed by atoms with E-state index in [0.29, 0.717) is 38.8 Å². The average molecular weight is 513 g/mol. The van der Waals surface area contributed by atoms with Crippen molar-refractivity contribution in [3.8, 4) is 11.5 Å². The van der Waals surface area contributed by atoms with Gasteiger partial charge >= 0.3 is 5.97 Å². The second-order valence-electron chi connectivity index (χ2n) is 9.14. The summed E-state index contributed by atoms with van der Waals surface area (Å²) in [5.41, 5.74) is 5.63. The van der Waals surface area contributed by atoms with Crippen LogP contribution in [-0.4, -0.2) is 37.1 Å². The molecule has 0 fully saturated rings. The first-order valence-electron chi connectivity index (χ1n) is 11.8. The fourth-order valence-electron chi connectivity index (χ4n) is 4.78. The summed E-state index contributed by atoms with van der Waals surface area (Å²) in [6.45, 7) is 11.6. The van der Waals surface area contributed by atoms with Gasteiger partial charge in [0.1, 0.15) is 5.69 Å². The third kappa shape index (κ3) is 4.85. The second-order valence-corrected chi connectivity index (χ2v) is 11.0. The molecule has 2 heterocycles. The molecule has 1 aliphatic heterocycles. The maximum absolute atomic E-state index is 14.2. The summed E-state index contributed by atoms with van der Waals surface area (Å²) in [5.74, 6) is 0.765. The van der Waals surface area contributed by atoms with Gasteiger partial charge in [0.05, 0.1) is 11.5 Å². The number of aromatic nitrogens is 1. The van der Waals surface area contributed by atoms with Crippen molar-refractivity contribution in [3.05, 3.63) is 75.1 Å². The monoisotopic (exact) mass is 512 g/mol. The molecule has 1 N–H and O–H groups in total. The van der Waals surface area contributed by atoms with Crippen LogP contribution < -0.4 is 9.47 Å². The molecule has 0 bridgehead atoms. The lowest BCUT2D eigenvalue weighted by atomic mass is 10.1. The molecule has 3 aromatic rings. The van der Waals surface area contributed by atoms with Crippen LogP contribution in [-0.2, 0) is 27.8 Å².